The van der Waals surface area contributed by atoms with E-state index in [0.29, 0.717) is 0 Å². The van der Waals surface area contributed by atoms with Gasteiger partial charge in [0.1, 0.15) is 0 Å². The van der Waals surface area contributed by atoms with Crippen molar-refractivity contribution >= 4 is 28.4 Å². The number of amidine groups is 1. The van der Waals surface area contributed by atoms with E-state index in [4.69, 9.17) is 0 Å². The van der Waals surface area contributed by atoms with Crippen molar-refractivity contribution in [2.24, 2.45) is 4.99 Å². The van der Waals surface area contributed by atoms with E-state index < -0.39 is 0 Å². The number of thioether (sulfide) groups is 1. The van der Waals surface area contributed by atoms with Crippen molar-refractivity contribution in [2.75, 3.05) is 18.1 Å². The van der Waals surface area contributed by atoms with Crippen LogP contribution in [0.4, 0.5) is 5.69 Å². The van der Waals surface area contributed by atoms with Gasteiger partial charge < -0.3 is 5.32 Å². The fourth-order valence-electron chi connectivity index (χ4n) is 1.27. The highest BCUT2D eigenvalue weighted by Crippen LogP contribution is 2.14. The molecule has 0 aliphatic heterocycles. The molecule has 0 atom stereocenters. The molecule has 1 N–H and O–H groups in total. The number of Topliss-reactive ketones (excluding diaryl/α,β-unsaturated/α-hetero) is 1. The van der Waals surface area contributed by atoms with Gasteiger partial charge in [-0.1, -0.05) is 18.7 Å². The van der Waals surface area contributed by atoms with Crippen molar-refractivity contribution in [3.05, 3.63) is 29.8 Å². The quantitative estimate of drug-likeness (QED) is 0.505. The average molecular weight is 250 g/mol. The molecular weight excluding hydrogens is 232 g/mol. The lowest BCUT2D eigenvalue weighted by Gasteiger charge is -2.08. The first-order valence-electron chi connectivity index (χ1n) is 5.65. The number of nitrogens with zero attached hydrogens (tertiary/aromatic N) is 1. The van der Waals surface area contributed by atoms with Crippen molar-refractivity contribution in [1.29, 1.82) is 0 Å². The van der Waals surface area contributed by atoms with Crippen LogP contribution in [-0.4, -0.2) is 23.8 Å². The highest BCUT2D eigenvalue weighted by molar-refractivity contribution is 8.14. The van der Waals surface area contributed by atoms with E-state index in [0.717, 1.165) is 28.6 Å². The molecule has 92 valence electrons. The van der Waals surface area contributed by atoms with Gasteiger partial charge in [0, 0.05) is 24.1 Å². The van der Waals surface area contributed by atoms with Crippen LogP contribution in [0.1, 0.15) is 30.6 Å². The minimum atomic E-state index is 0.0845. The second-order valence-electron chi connectivity index (χ2n) is 3.64. The van der Waals surface area contributed by atoms with E-state index in [1.54, 1.807) is 25.7 Å². The zero-order valence-corrected chi connectivity index (χ0v) is 11.3. The molecule has 0 amide bonds. The Balaban J connectivity index is 2.64. The molecule has 0 aromatic heterocycles. The molecule has 4 heteroatoms. The van der Waals surface area contributed by atoms with Crippen molar-refractivity contribution in [1.82, 2.24) is 0 Å². The van der Waals surface area contributed by atoms with E-state index in [1.807, 2.05) is 24.3 Å². The van der Waals surface area contributed by atoms with Crippen LogP contribution in [0, 0.1) is 0 Å². The van der Waals surface area contributed by atoms with Gasteiger partial charge in [-0.15, -0.1) is 0 Å². The Morgan fingerprint density at radius 2 is 2.00 bits per heavy atom. The Hall–Kier alpha value is -1.29. The Morgan fingerprint density at radius 1 is 1.35 bits per heavy atom. The third kappa shape index (κ3) is 4.61. The zero-order chi connectivity index (χ0) is 12.7. The number of hydrogen-bond donors (Lipinski definition) is 1. The number of carbonyl (C=O) groups is 1. The second kappa shape index (κ2) is 7.12. The predicted octanol–water partition coefficient (Wildman–Crippen LogP) is 3.43. The topological polar surface area (TPSA) is 41.5 Å². The fraction of sp³-hybridized carbons (Fsp3) is 0.385. The van der Waals surface area contributed by atoms with E-state index >= 15 is 0 Å². The van der Waals surface area contributed by atoms with E-state index in [-0.39, 0.29) is 5.78 Å². The maximum absolute atomic E-state index is 11.1. The number of rotatable bonds is 4. The van der Waals surface area contributed by atoms with Gasteiger partial charge in [-0.3, -0.25) is 9.79 Å². The van der Waals surface area contributed by atoms with Gasteiger partial charge in [0.25, 0.3) is 0 Å². The van der Waals surface area contributed by atoms with Gasteiger partial charge in [0.2, 0.25) is 0 Å². The monoisotopic (exact) mass is 250 g/mol. The van der Waals surface area contributed by atoms with Crippen LogP contribution in [0.2, 0.25) is 0 Å². The summed E-state index contributed by atoms with van der Waals surface area (Å²) >= 11 is 1.70. The molecule has 0 saturated carbocycles. The maximum atomic E-state index is 11.1. The summed E-state index contributed by atoms with van der Waals surface area (Å²) in [5.41, 5.74) is 1.69. The fourth-order valence-corrected chi connectivity index (χ4v) is 1.98. The summed E-state index contributed by atoms with van der Waals surface area (Å²) in [5, 5.41) is 4.14. The number of benzene rings is 1. The molecule has 0 radical (unpaired) electrons. The van der Waals surface area contributed by atoms with Gasteiger partial charge in [-0.05, 0) is 37.6 Å². The van der Waals surface area contributed by atoms with Crippen LogP contribution >= 0.6 is 11.8 Å². The molecule has 0 saturated heterocycles. The molecule has 1 aromatic rings. The number of aliphatic imine (C=N–C) groups is 1. The van der Waals surface area contributed by atoms with Crippen LogP contribution < -0.4 is 5.32 Å². The van der Waals surface area contributed by atoms with E-state index in [1.165, 1.54) is 0 Å². The van der Waals surface area contributed by atoms with Crippen molar-refractivity contribution in [3.8, 4) is 0 Å². The summed E-state index contributed by atoms with van der Waals surface area (Å²) in [6, 6.07) is 7.44. The first-order valence-corrected chi connectivity index (χ1v) is 6.63. The molecule has 3 nitrogen and oxygen atoms in total. The molecular formula is C13H18N2OS. The Kier molecular flexibility index (Phi) is 5.77. The van der Waals surface area contributed by atoms with E-state index in [2.05, 4.69) is 17.2 Å². The summed E-state index contributed by atoms with van der Waals surface area (Å²) in [7, 11) is 1.77. The van der Waals surface area contributed by atoms with Crippen LogP contribution in [0.25, 0.3) is 0 Å². The minimum Gasteiger partial charge on any atom is -0.335 e. The van der Waals surface area contributed by atoms with Gasteiger partial charge in [-0.25, -0.2) is 0 Å². The van der Waals surface area contributed by atoms with Crippen molar-refractivity contribution < 1.29 is 4.79 Å². The Morgan fingerprint density at radius 3 is 2.47 bits per heavy atom. The first-order chi connectivity index (χ1) is 8.17. The predicted molar refractivity (Wildman–Crippen MR) is 76.2 cm³/mol. The molecule has 0 fully saturated rings. The number of anilines is 1. The molecule has 1 aromatic carbocycles. The number of carbonyl (C=O) groups excluding carboxylic acids is 1. The first kappa shape index (κ1) is 13.8. The summed E-state index contributed by atoms with van der Waals surface area (Å²) in [6.07, 6.45) is 1.12. The Labute approximate surface area is 107 Å². The SMILES string of the molecule is CCCSC(=NC)Nc1ccc(C(C)=O)cc1. The number of nitrogens with one attached hydrogen (secondary N) is 1. The molecule has 0 spiro atoms. The zero-order valence-electron chi connectivity index (χ0n) is 10.5. The molecule has 0 aliphatic carbocycles. The van der Waals surface area contributed by atoms with Crippen molar-refractivity contribution in [3.63, 3.8) is 0 Å². The van der Waals surface area contributed by atoms with Gasteiger partial charge >= 0.3 is 0 Å². The van der Waals surface area contributed by atoms with Gasteiger partial charge in [-0.2, -0.15) is 0 Å². The molecule has 0 aliphatic rings. The highest BCUT2D eigenvalue weighted by atomic mass is 32.2. The third-order valence-electron chi connectivity index (χ3n) is 2.19. The molecule has 0 heterocycles. The molecule has 1 rings (SSSR count). The largest absolute Gasteiger partial charge is 0.335 e. The van der Waals surface area contributed by atoms with Crippen LogP contribution in [0.3, 0.4) is 0 Å². The van der Waals surface area contributed by atoms with E-state index in [9.17, 15) is 4.79 Å². The highest BCUT2D eigenvalue weighted by Gasteiger charge is 2.01. The molecule has 0 unspecified atom stereocenters. The van der Waals surface area contributed by atoms with Gasteiger partial charge in [0.15, 0.2) is 11.0 Å². The second-order valence-corrected chi connectivity index (χ2v) is 4.72. The number of hydrogen-bond acceptors (Lipinski definition) is 3. The lowest BCUT2D eigenvalue weighted by Crippen LogP contribution is -2.08. The van der Waals surface area contributed by atoms with Crippen LogP contribution in [0.5, 0.6) is 0 Å². The molecule has 0 bridgehead atoms. The summed E-state index contributed by atoms with van der Waals surface area (Å²) in [6.45, 7) is 3.71. The molecule has 17 heavy (non-hydrogen) atoms. The standard InChI is InChI=1S/C13H18N2OS/c1-4-9-17-13(14-3)15-12-7-5-11(6-8-12)10(2)16/h5-8H,4,9H2,1-3H3,(H,14,15). The number of ketones is 1. The summed E-state index contributed by atoms with van der Waals surface area (Å²) < 4.78 is 0. The Bertz CT molecular complexity index is 398. The third-order valence-corrected chi connectivity index (χ3v) is 3.36. The maximum Gasteiger partial charge on any atom is 0.160 e. The normalized spacial score (nSPS) is 11.4. The lowest BCUT2D eigenvalue weighted by atomic mass is 10.1. The lowest BCUT2D eigenvalue weighted by molar-refractivity contribution is 0.101. The van der Waals surface area contributed by atoms with Crippen LogP contribution in [0.15, 0.2) is 29.3 Å². The average Bonchev–Trinajstić information content (AvgIpc) is 2.35. The van der Waals surface area contributed by atoms with Gasteiger partial charge in [0.05, 0.1) is 0 Å². The summed E-state index contributed by atoms with van der Waals surface area (Å²) in [4.78, 5) is 15.3. The minimum absolute atomic E-state index is 0.0845. The van der Waals surface area contributed by atoms with Crippen LogP contribution in [-0.2, 0) is 0 Å². The smallest absolute Gasteiger partial charge is 0.160 e. The van der Waals surface area contributed by atoms with Crippen molar-refractivity contribution in [2.45, 2.75) is 20.3 Å². The summed E-state index contributed by atoms with van der Waals surface area (Å²) in [5.74, 6) is 1.13.